The zero-order valence-electron chi connectivity index (χ0n) is 12.0. The van der Waals surface area contributed by atoms with E-state index in [1.165, 1.54) is 5.56 Å². The van der Waals surface area contributed by atoms with Gasteiger partial charge in [-0.3, -0.25) is 9.69 Å². The summed E-state index contributed by atoms with van der Waals surface area (Å²) in [5.41, 5.74) is 2.26. The van der Waals surface area contributed by atoms with Crippen LogP contribution < -0.4 is 4.74 Å². The van der Waals surface area contributed by atoms with Crippen molar-refractivity contribution in [2.24, 2.45) is 0 Å². The van der Waals surface area contributed by atoms with Crippen LogP contribution in [0.15, 0.2) is 12.1 Å². The Kier molecular flexibility index (Phi) is 4.36. The predicted octanol–water partition coefficient (Wildman–Crippen LogP) is 3.10. The molecule has 1 aromatic rings. The molecule has 0 amide bonds. The molecule has 1 unspecified atom stereocenters. The molecular weight excluding hydrogens is 290 g/mol. The predicted molar refractivity (Wildman–Crippen MR) is 81.0 cm³/mol. The number of halogens is 1. The Labute approximate surface area is 129 Å². The standard InChI is InChI=1S/C16H20ClNO3/c17-13-7-11-4-6-21-16(11)12(8-13)10-18-5-2-1-3-14(18)9-15(19)20/h7-8,14H,1-6,9-10H2,(H,19,20). The molecule has 0 radical (unpaired) electrons. The van der Waals surface area contributed by atoms with Crippen molar-refractivity contribution in [2.45, 2.75) is 44.7 Å². The fraction of sp³-hybridized carbons (Fsp3) is 0.562. The normalized spacial score (nSPS) is 21.9. The van der Waals surface area contributed by atoms with Crippen LogP contribution in [0.3, 0.4) is 0 Å². The van der Waals surface area contributed by atoms with E-state index in [0.717, 1.165) is 55.1 Å². The molecule has 0 aromatic heterocycles. The van der Waals surface area contributed by atoms with Crippen molar-refractivity contribution < 1.29 is 14.6 Å². The minimum absolute atomic E-state index is 0.118. The lowest BCUT2D eigenvalue weighted by Crippen LogP contribution is -2.40. The van der Waals surface area contributed by atoms with Gasteiger partial charge in [0, 0.05) is 29.6 Å². The first kappa shape index (κ1) is 14.7. The Morgan fingerprint density at radius 1 is 1.43 bits per heavy atom. The van der Waals surface area contributed by atoms with E-state index < -0.39 is 5.97 Å². The van der Waals surface area contributed by atoms with Crippen LogP contribution in [0.25, 0.3) is 0 Å². The zero-order chi connectivity index (χ0) is 14.8. The number of piperidine rings is 1. The molecule has 1 atom stereocenters. The van der Waals surface area contributed by atoms with Crippen molar-refractivity contribution in [2.75, 3.05) is 13.2 Å². The van der Waals surface area contributed by atoms with Crippen LogP contribution in [0.4, 0.5) is 0 Å². The fourth-order valence-corrected chi connectivity index (χ4v) is 3.65. The number of fused-ring (bicyclic) bond motifs is 1. The topological polar surface area (TPSA) is 49.8 Å². The quantitative estimate of drug-likeness (QED) is 0.928. The van der Waals surface area contributed by atoms with Crippen LogP contribution in [-0.2, 0) is 17.8 Å². The highest BCUT2D eigenvalue weighted by molar-refractivity contribution is 6.30. The first-order valence-corrected chi connectivity index (χ1v) is 7.91. The van der Waals surface area contributed by atoms with Gasteiger partial charge in [-0.2, -0.15) is 0 Å². The fourth-order valence-electron chi connectivity index (χ4n) is 3.38. The molecule has 0 bridgehead atoms. The molecule has 2 aliphatic heterocycles. The highest BCUT2D eigenvalue weighted by Gasteiger charge is 2.27. The molecule has 4 nitrogen and oxygen atoms in total. The highest BCUT2D eigenvalue weighted by Crippen LogP contribution is 2.34. The summed E-state index contributed by atoms with van der Waals surface area (Å²) >= 11 is 6.20. The third-order valence-corrected chi connectivity index (χ3v) is 4.58. The number of carboxylic acids is 1. The van der Waals surface area contributed by atoms with Gasteiger partial charge in [0.1, 0.15) is 5.75 Å². The lowest BCUT2D eigenvalue weighted by molar-refractivity contribution is -0.138. The number of carboxylic acid groups (broad SMARTS) is 1. The van der Waals surface area contributed by atoms with E-state index in [0.29, 0.717) is 6.61 Å². The average molecular weight is 310 g/mol. The number of aliphatic carboxylic acids is 1. The first-order chi connectivity index (χ1) is 10.1. The van der Waals surface area contributed by atoms with Gasteiger partial charge < -0.3 is 9.84 Å². The second-order valence-electron chi connectivity index (χ2n) is 5.87. The molecule has 2 aliphatic rings. The summed E-state index contributed by atoms with van der Waals surface area (Å²) in [6, 6.07) is 4.04. The first-order valence-electron chi connectivity index (χ1n) is 7.53. The SMILES string of the molecule is O=C(O)CC1CCCCN1Cc1cc(Cl)cc2c1OCC2. The molecule has 0 spiro atoms. The van der Waals surface area contributed by atoms with Crippen molar-refractivity contribution in [1.82, 2.24) is 4.90 Å². The van der Waals surface area contributed by atoms with Crippen molar-refractivity contribution in [1.29, 1.82) is 0 Å². The van der Waals surface area contributed by atoms with Crippen LogP contribution in [0.1, 0.15) is 36.8 Å². The van der Waals surface area contributed by atoms with E-state index in [-0.39, 0.29) is 12.5 Å². The molecular formula is C16H20ClNO3. The van der Waals surface area contributed by atoms with E-state index >= 15 is 0 Å². The molecule has 114 valence electrons. The minimum atomic E-state index is -0.723. The second-order valence-corrected chi connectivity index (χ2v) is 6.31. The highest BCUT2D eigenvalue weighted by atomic mass is 35.5. The van der Waals surface area contributed by atoms with Gasteiger partial charge in [0.15, 0.2) is 0 Å². The summed E-state index contributed by atoms with van der Waals surface area (Å²) < 4.78 is 5.74. The summed E-state index contributed by atoms with van der Waals surface area (Å²) in [6.07, 6.45) is 4.30. The smallest absolute Gasteiger partial charge is 0.304 e. The monoisotopic (exact) mass is 309 g/mol. The third kappa shape index (κ3) is 3.33. The summed E-state index contributed by atoms with van der Waals surface area (Å²) in [5.74, 6) is 0.235. The lowest BCUT2D eigenvalue weighted by atomic mass is 9.98. The van der Waals surface area contributed by atoms with Gasteiger partial charge in [-0.25, -0.2) is 0 Å². The maximum atomic E-state index is 11.0. The average Bonchev–Trinajstić information content (AvgIpc) is 2.88. The Morgan fingerprint density at radius 3 is 3.10 bits per heavy atom. The minimum Gasteiger partial charge on any atom is -0.493 e. The number of benzene rings is 1. The van der Waals surface area contributed by atoms with Gasteiger partial charge in [0.25, 0.3) is 0 Å². The van der Waals surface area contributed by atoms with Gasteiger partial charge in [0.05, 0.1) is 13.0 Å². The molecule has 21 heavy (non-hydrogen) atoms. The number of ether oxygens (including phenoxy) is 1. The molecule has 1 aromatic carbocycles. The molecule has 2 heterocycles. The van der Waals surface area contributed by atoms with E-state index in [1.807, 2.05) is 12.1 Å². The summed E-state index contributed by atoms with van der Waals surface area (Å²) in [4.78, 5) is 13.3. The molecule has 1 saturated heterocycles. The summed E-state index contributed by atoms with van der Waals surface area (Å²) in [6.45, 7) is 2.38. The third-order valence-electron chi connectivity index (χ3n) is 4.36. The Morgan fingerprint density at radius 2 is 2.29 bits per heavy atom. The van der Waals surface area contributed by atoms with Crippen LogP contribution in [-0.4, -0.2) is 35.2 Å². The lowest BCUT2D eigenvalue weighted by Gasteiger charge is -2.35. The summed E-state index contributed by atoms with van der Waals surface area (Å²) in [7, 11) is 0. The van der Waals surface area contributed by atoms with Crippen molar-refractivity contribution in [3.8, 4) is 5.75 Å². The molecule has 1 N–H and O–H groups in total. The Balaban J connectivity index is 1.80. The van der Waals surface area contributed by atoms with Gasteiger partial charge in [-0.05, 0) is 37.1 Å². The molecule has 0 saturated carbocycles. The number of carbonyl (C=O) groups is 1. The van der Waals surface area contributed by atoms with E-state index in [1.54, 1.807) is 0 Å². The number of rotatable bonds is 4. The van der Waals surface area contributed by atoms with E-state index in [4.69, 9.17) is 21.4 Å². The van der Waals surface area contributed by atoms with Gasteiger partial charge >= 0.3 is 5.97 Å². The van der Waals surface area contributed by atoms with Crippen LogP contribution in [0.5, 0.6) is 5.75 Å². The maximum Gasteiger partial charge on any atom is 0.304 e. The van der Waals surface area contributed by atoms with Crippen LogP contribution in [0, 0.1) is 0 Å². The van der Waals surface area contributed by atoms with Gasteiger partial charge in [0.2, 0.25) is 0 Å². The maximum absolute atomic E-state index is 11.0. The van der Waals surface area contributed by atoms with Crippen molar-refractivity contribution >= 4 is 17.6 Å². The van der Waals surface area contributed by atoms with Crippen LogP contribution in [0.2, 0.25) is 5.02 Å². The number of hydrogen-bond donors (Lipinski definition) is 1. The number of nitrogens with zero attached hydrogens (tertiary/aromatic N) is 1. The number of hydrogen-bond acceptors (Lipinski definition) is 3. The summed E-state index contributed by atoms with van der Waals surface area (Å²) in [5, 5.41) is 9.81. The van der Waals surface area contributed by atoms with Crippen LogP contribution >= 0.6 is 11.6 Å². The Hall–Kier alpha value is -1.26. The molecule has 5 heteroatoms. The van der Waals surface area contributed by atoms with Crippen molar-refractivity contribution in [3.05, 3.63) is 28.3 Å². The van der Waals surface area contributed by atoms with Gasteiger partial charge in [-0.1, -0.05) is 18.0 Å². The molecule has 1 fully saturated rings. The zero-order valence-corrected chi connectivity index (χ0v) is 12.7. The molecule has 0 aliphatic carbocycles. The van der Waals surface area contributed by atoms with E-state index in [9.17, 15) is 4.79 Å². The van der Waals surface area contributed by atoms with Gasteiger partial charge in [-0.15, -0.1) is 0 Å². The van der Waals surface area contributed by atoms with E-state index in [2.05, 4.69) is 4.90 Å². The molecule has 3 rings (SSSR count). The largest absolute Gasteiger partial charge is 0.493 e. The Bertz CT molecular complexity index is 547. The number of likely N-dealkylation sites (tertiary alicyclic amines) is 1. The second kappa shape index (κ2) is 6.24. The van der Waals surface area contributed by atoms with Crippen molar-refractivity contribution in [3.63, 3.8) is 0 Å².